The molecule has 1 atom stereocenters. The minimum absolute atomic E-state index is 0.167. The highest BCUT2D eigenvalue weighted by atomic mass is 35.5. The molecule has 1 rings (SSSR count). The van der Waals surface area contributed by atoms with Crippen molar-refractivity contribution in [3.8, 4) is 0 Å². The molecular formula is C14H19ClFN. The number of benzene rings is 1. The van der Waals surface area contributed by atoms with E-state index in [1.54, 1.807) is 18.2 Å². The van der Waals surface area contributed by atoms with Gasteiger partial charge in [0.15, 0.2) is 0 Å². The second-order valence-electron chi connectivity index (χ2n) is 4.21. The zero-order chi connectivity index (χ0) is 12.8. The molecule has 17 heavy (non-hydrogen) atoms. The third kappa shape index (κ3) is 4.14. The molecule has 0 amide bonds. The summed E-state index contributed by atoms with van der Waals surface area (Å²) < 4.78 is 13.7. The Hall–Kier alpha value is -0.860. The average Bonchev–Trinajstić information content (AvgIpc) is 2.31. The first kappa shape index (κ1) is 14.2. The van der Waals surface area contributed by atoms with Gasteiger partial charge in [-0.1, -0.05) is 42.3 Å². The van der Waals surface area contributed by atoms with Crippen molar-refractivity contribution in [2.24, 2.45) is 0 Å². The van der Waals surface area contributed by atoms with Crippen LogP contribution in [0.2, 0.25) is 5.02 Å². The maximum absolute atomic E-state index is 13.7. The highest BCUT2D eigenvalue weighted by Crippen LogP contribution is 2.20. The summed E-state index contributed by atoms with van der Waals surface area (Å²) in [4.78, 5) is 0. The van der Waals surface area contributed by atoms with Gasteiger partial charge in [0.2, 0.25) is 0 Å². The third-order valence-corrected chi connectivity index (χ3v) is 3.04. The van der Waals surface area contributed by atoms with Crippen LogP contribution in [0.1, 0.15) is 32.8 Å². The van der Waals surface area contributed by atoms with E-state index in [2.05, 4.69) is 19.2 Å². The minimum atomic E-state index is -0.351. The molecule has 0 bridgehead atoms. The number of halogens is 2. The maximum atomic E-state index is 13.7. The van der Waals surface area contributed by atoms with Crippen LogP contribution in [-0.4, -0.2) is 12.6 Å². The molecule has 1 aromatic carbocycles. The van der Waals surface area contributed by atoms with Crippen LogP contribution in [0.25, 0.3) is 6.08 Å². The lowest BCUT2D eigenvalue weighted by Crippen LogP contribution is -2.27. The molecule has 0 aliphatic carbocycles. The summed E-state index contributed by atoms with van der Waals surface area (Å²) in [6.07, 6.45) is 2.93. The Bertz CT molecular complexity index is 401. The van der Waals surface area contributed by atoms with Crippen molar-refractivity contribution in [3.05, 3.63) is 40.2 Å². The van der Waals surface area contributed by atoms with Crippen LogP contribution in [0, 0.1) is 5.82 Å². The van der Waals surface area contributed by atoms with Gasteiger partial charge in [-0.2, -0.15) is 0 Å². The van der Waals surface area contributed by atoms with E-state index >= 15 is 0 Å². The molecule has 0 saturated carbocycles. The normalized spacial score (nSPS) is 13.8. The van der Waals surface area contributed by atoms with Crippen molar-refractivity contribution < 1.29 is 4.39 Å². The van der Waals surface area contributed by atoms with Gasteiger partial charge in [-0.15, -0.1) is 0 Å². The monoisotopic (exact) mass is 255 g/mol. The van der Waals surface area contributed by atoms with E-state index in [1.807, 2.05) is 13.0 Å². The van der Waals surface area contributed by atoms with Crippen molar-refractivity contribution in [1.82, 2.24) is 5.32 Å². The van der Waals surface area contributed by atoms with Crippen LogP contribution >= 0.6 is 11.6 Å². The topological polar surface area (TPSA) is 12.0 Å². The molecule has 0 aliphatic heterocycles. The summed E-state index contributed by atoms with van der Waals surface area (Å²) in [6, 6.07) is 5.29. The van der Waals surface area contributed by atoms with Gasteiger partial charge in [0.25, 0.3) is 0 Å². The molecule has 0 heterocycles. The fourth-order valence-corrected chi connectivity index (χ4v) is 1.71. The quantitative estimate of drug-likeness (QED) is 0.829. The molecular weight excluding hydrogens is 237 g/mol. The highest BCUT2D eigenvalue weighted by molar-refractivity contribution is 6.30. The van der Waals surface area contributed by atoms with Gasteiger partial charge in [0, 0.05) is 11.6 Å². The lowest BCUT2D eigenvalue weighted by molar-refractivity contribution is 0.602. The number of hydrogen-bond donors (Lipinski definition) is 1. The van der Waals surface area contributed by atoms with Crippen LogP contribution in [-0.2, 0) is 0 Å². The molecule has 3 heteroatoms. The summed E-state index contributed by atoms with van der Waals surface area (Å²) in [6.45, 7) is 7.15. The van der Waals surface area contributed by atoms with E-state index in [0.29, 0.717) is 5.56 Å². The van der Waals surface area contributed by atoms with Gasteiger partial charge >= 0.3 is 0 Å². The van der Waals surface area contributed by atoms with Crippen molar-refractivity contribution in [3.63, 3.8) is 0 Å². The zero-order valence-electron chi connectivity index (χ0n) is 10.6. The Balaban J connectivity index is 2.83. The van der Waals surface area contributed by atoms with Crippen LogP contribution < -0.4 is 5.32 Å². The van der Waals surface area contributed by atoms with E-state index in [-0.39, 0.29) is 16.9 Å². The Morgan fingerprint density at radius 1 is 1.53 bits per heavy atom. The molecule has 1 nitrogen and oxygen atoms in total. The summed E-state index contributed by atoms with van der Waals surface area (Å²) in [5.74, 6) is -0.351. The fourth-order valence-electron chi connectivity index (χ4n) is 1.52. The zero-order valence-corrected chi connectivity index (χ0v) is 11.3. The Labute approximate surface area is 108 Å². The van der Waals surface area contributed by atoms with Crippen molar-refractivity contribution in [2.45, 2.75) is 33.2 Å². The van der Waals surface area contributed by atoms with Gasteiger partial charge in [-0.3, -0.25) is 0 Å². The van der Waals surface area contributed by atoms with E-state index < -0.39 is 0 Å². The van der Waals surface area contributed by atoms with Gasteiger partial charge < -0.3 is 5.32 Å². The Kier molecular flexibility index (Phi) is 5.66. The van der Waals surface area contributed by atoms with Crippen LogP contribution in [0.15, 0.2) is 23.8 Å². The summed E-state index contributed by atoms with van der Waals surface area (Å²) in [7, 11) is 0. The molecule has 94 valence electrons. The molecule has 0 spiro atoms. The molecule has 0 radical (unpaired) electrons. The van der Waals surface area contributed by atoms with Gasteiger partial charge in [-0.25, -0.2) is 4.39 Å². The van der Waals surface area contributed by atoms with E-state index in [0.717, 1.165) is 18.5 Å². The first-order valence-corrected chi connectivity index (χ1v) is 6.29. The van der Waals surface area contributed by atoms with E-state index in [4.69, 9.17) is 11.6 Å². The van der Waals surface area contributed by atoms with E-state index in [1.165, 1.54) is 0 Å². The highest BCUT2D eigenvalue weighted by Gasteiger charge is 2.07. The maximum Gasteiger partial charge on any atom is 0.148 e. The van der Waals surface area contributed by atoms with Crippen LogP contribution in [0.5, 0.6) is 0 Å². The SMILES string of the molecule is CCCNC(C)/C(C)=C/c1cccc(Cl)c1F. The smallest absolute Gasteiger partial charge is 0.148 e. The van der Waals surface area contributed by atoms with E-state index in [9.17, 15) is 4.39 Å². The number of rotatable bonds is 5. The summed E-state index contributed by atoms with van der Waals surface area (Å²) in [5, 5.41) is 3.53. The third-order valence-electron chi connectivity index (χ3n) is 2.75. The number of nitrogens with one attached hydrogen (secondary N) is 1. The number of hydrogen-bond acceptors (Lipinski definition) is 1. The predicted octanol–water partition coefficient (Wildman–Crippen LogP) is 4.27. The molecule has 1 N–H and O–H groups in total. The first-order valence-electron chi connectivity index (χ1n) is 5.91. The summed E-state index contributed by atoms with van der Waals surface area (Å²) in [5.41, 5.74) is 1.64. The standard InChI is InChI=1S/C14H19ClFN/c1-4-8-17-11(3)10(2)9-12-6-5-7-13(15)14(12)16/h5-7,9,11,17H,4,8H2,1-3H3/b10-9+. The summed E-state index contributed by atoms with van der Waals surface area (Å²) >= 11 is 5.74. The second kappa shape index (κ2) is 6.77. The van der Waals surface area contributed by atoms with Gasteiger partial charge in [-0.05, 0) is 32.9 Å². The van der Waals surface area contributed by atoms with Crippen molar-refractivity contribution in [1.29, 1.82) is 0 Å². The molecule has 0 fully saturated rings. The van der Waals surface area contributed by atoms with Crippen molar-refractivity contribution >= 4 is 17.7 Å². The van der Waals surface area contributed by atoms with Crippen molar-refractivity contribution in [2.75, 3.05) is 6.54 Å². The minimum Gasteiger partial charge on any atom is -0.311 e. The Morgan fingerprint density at radius 2 is 2.24 bits per heavy atom. The molecule has 0 aromatic heterocycles. The van der Waals surface area contributed by atoms with Crippen LogP contribution in [0.3, 0.4) is 0 Å². The molecule has 1 unspecified atom stereocenters. The first-order chi connectivity index (χ1) is 8.06. The lowest BCUT2D eigenvalue weighted by atomic mass is 10.1. The second-order valence-corrected chi connectivity index (χ2v) is 4.61. The largest absolute Gasteiger partial charge is 0.311 e. The fraction of sp³-hybridized carbons (Fsp3) is 0.429. The Morgan fingerprint density at radius 3 is 2.88 bits per heavy atom. The predicted molar refractivity (Wildman–Crippen MR) is 72.8 cm³/mol. The molecule has 0 saturated heterocycles. The molecule has 1 aromatic rings. The lowest BCUT2D eigenvalue weighted by Gasteiger charge is -2.14. The molecule has 0 aliphatic rings. The van der Waals surface area contributed by atoms with Crippen LogP contribution in [0.4, 0.5) is 4.39 Å². The average molecular weight is 256 g/mol. The van der Waals surface area contributed by atoms with Gasteiger partial charge in [0.1, 0.15) is 5.82 Å². The van der Waals surface area contributed by atoms with Gasteiger partial charge in [0.05, 0.1) is 5.02 Å².